The maximum Gasteiger partial charge on any atom is 0.345 e. The molecule has 0 radical (unpaired) electrons. The Bertz CT molecular complexity index is 674. The van der Waals surface area contributed by atoms with E-state index >= 15 is 0 Å². The van der Waals surface area contributed by atoms with E-state index in [0.29, 0.717) is 23.6 Å². The van der Waals surface area contributed by atoms with Crippen LogP contribution in [0.1, 0.15) is 79.3 Å². The molecule has 2 saturated carbocycles. The van der Waals surface area contributed by atoms with Crippen molar-refractivity contribution in [3.8, 4) is 0 Å². The number of halogens is 1. The lowest BCUT2D eigenvalue weighted by atomic mass is 9.63. The summed E-state index contributed by atoms with van der Waals surface area (Å²) in [6.45, 7) is 2.16. The number of aliphatic hydroxyl groups is 1. The predicted molar refractivity (Wildman–Crippen MR) is 112 cm³/mol. The molecule has 1 aromatic heterocycles. The van der Waals surface area contributed by atoms with Gasteiger partial charge in [0, 0.05) is 10.8 Å². The molecule has 5 heteroatoms. The van der Waals surface area contributed by atoms with Crippen LogP contribution in [0.15, 0.2) is 24.3 Å². The highest BCUT2D eigenvalue weighted by Crippen LogP contribution is 2.47. The van der Waals surface area contributed by atoms with Crippen molar-refractivity contribution >= 4 is 17.3 Å². The van der Waals surface area contributed by atoms with Crippen LogP contribution in [0.3, 0.4) is 0 Å². The zero-order valence-electron chi connectivity index (χ0n) is 16.8. The average Bonchev–Trinajstić information content (AvgIpc) is 3.23. The minimum atomic E-state index is -0.869. The molecule has 0 aliphatic heterocycles. The number of alkyl halides is 1. The first-order valence-electron chi connectivity index (χ1n) is 10.8. The van der Waals surface area contributed by atoms with Crippen molar-refractivity contribution in [1.82, 2.24) is 0 Å². The second kappa shape index (κ2) is 9.53. The summed E-state index contributed by atoms with van der Waals surface area (Å²) >= 11 is 1.34. The molecule has 0 bridgehead atoms. The smallest absolute Gasteiger partial charge is 0.345 e. The van der Waals surface area contributed by atoms with E-state index in [2.05, 4.69) is 6.92 Å². The van der Waals surface area contributed by atoms with Gasteiger partial charge in [-0.25, -0.2) is 9.18 Å². The SMILES string of the molecule is CCC1(C(O)C/C=C/[C@@H]2[C@@H](CCCc3ccc(C(=O)O)s3)CC[C@@H]2F)CCC1. The van der Waals surface area contributed by atoms with E-state index in [1.165, 1.54) is 17.8 Å². The lowest BCUT2D eigenvalue weighted by molar-refractivity contribution is -0.0355. The highest BCUT2D eigenvalue weighted by molar-refractivity contribution is 7.13. The molecule has 2 aliphatic carbocycles. The van der Waals surface area contributed by atoms with E-state index in [9.17, 15) is 14.3 Å². The summed E-state index contributed by atoms with van der Waals surface area (Å²) < 4.78 is 14.4. The summed E-state index contributed by atoms with van der Waals surface area (Å²) in [5.41, 5.74) is 0.101. The standard InChI is InChI=1S/C23H33FO3S/c1-2-23(14-5-15-23)21(25)9-4-8-18-16(10-12-19(18)24)6-3-7-17-11-13-20(28-17)22(26)27/h4,8,11,13,16,18-19,21,25H,2-3,5-7,9-10,12,14-15H2,1H3,(H,26,27)/b8-4+/t16-,18+,19-,21?/m0/s1. The normalized spacial score (nSPS) is 27.8. The van der Waals surface area contributed by atoms with E-state index in [4.69, 9.17) is 5.11 Å². The van der Waals surface area contributed by atoms with Gasteiger partial charge in [-0.05, 0) is 81.3 Å². The number of carboxylic acids is 1. The van der Waals surface area contributed by atoms with Crippen molar-refractivity contribution in [3.05, 3.63) is 34.0 Å². The van der Waals surface area contributed by atoms with E-state index in [0.717, 1.165) is 49.8 Å². The molecule has 0 saturated heterocycles. The fraction of sp³-hybridized carbons (Fsp3) is 0.696. The van der Waals surface area contributed by atoms with Crippen LogP contribution >= 0.6 is 11.3 Å². The number of rotatable bonds is 10. The highest BCUT2D eigenvalue weighted by Gasteiger charge is 2.41. The second-order valence-corrected chi connectivity index (χ2v) is 9.81. The maximum atomic E-state index is 14.4. The molecule has 3 rings (SSSR count). The molecule has 156 valence electrons. The summed E-state index contributed by atoms with van der Waals surface area (Å²) in [5, 5.41) is 19.6. The van der Waals surface area contributed by atoms with Gasteiger partial charge < -0.3 is 10.2 Å². The van der Waals surface area contributed by atoms with E-state index < -0.39 is 12.1 Å². The van der Waals surface area contributed by atoms with Crippen molar-refractivity contribution in [3.63, 3.8) is 0 Å². The Morgan fingerprint density at radius 2 is 2.18 bits per heavy atom. The summed E-state index contributed by atoms with van der Waals surface area (Å²) in [7, 11) is 0. The number of hydrogen-bond acceptors (Lipinski definition) is 3. The number of aliphatic hydroxyl groups excluding tert-OH is 1. The Kier molecular flexibility index (Phi) is 7.32. The van der Waals surface area contributed by atoms with Gasteiger partial charge in [-0.3, -0.25) is 0 Å². The molecule has 1 aromatic rings. The minimum Gasteiger partial charge on any atom is -0.477 e. The van der Waals surface area contributed by atoms with Crippen LogP contribution in [0.4, 0.5) is 4.39 Å². The van der Waals surface area contributed by atoms with Gasteiger partial charge in [-0.15, -0.1) is 11.3 Å². The number of allylic oxidation sites excluding steroid dienone is 1. The zero-order chi connectivity index (χ0) is 20.1. The third kappa shape index (κ3) is 4.85. The molecule has 0 spiro atoms. The molecular formula is C23H33FO3S. The fourth-order valence-corrected chi connectivity index (χ4v) is 5.89. The quantitative estimate of drug-likeness (QED) is 0.465. The zero-order valence-corrected chi connectivity index (χ0v) is 17.6. The van der Waals surface area contributed by atoms with Gasteiger partial charge in [0.25, 0.3) is 0 Å². The first-order valence-corrected chi connectivity index (χ1v) is 11.6. The summed E-state index contributed by atoms with van der Waals surface area (Å²) in [6, 6.07) is 3.56. The van der Waals surface area contributed by atoms with Gasteiger partial charge in [0.2, 0.25) is 0 Å². The Labute approximate surface area is 171 Å². The van der Waals surface area contributed by atoms with Gasteiger partial charge in [-0.1, -0.05) is 25.5 Å². The minimum absolute atomic E-state index is 0.0379. The molecule has 2 N–H and O–H groups in total. The van der Waals surface area contributed by atoms with E-state index in [1.54, 1.807) is 6.07 Å². The largest absolute Gasteiger partial charge is 0.477 e. The third-order valence-corrected chi connectivity index (χ3v) is 8.26. The molecule has 0 amide bonds. The Morgan fingerprint density at radius 3 is 2.79 bits per heavy atom. The number of aromatic carboxylic acids is 1. The van der Waals surface area contributed by atoms with Crippen LogP contribution in [-0.2, 0) is 6.42 Å². The van der Waals surface area contributed by atoms with Crippen LogP contribution in [0.25, 0.3) is 0 Å². The van der Waals surface area contributed by atoms with Crippen molar-refractivity contribution in [2.24, 2.45) is 17.3 Å². The third-order valence-electron chi connectivity index (χ3n) is 7.12. The molecule has 3 nitrogen and oxygen atoms in total. The number of aryl methyl sites for hydroxylation is 1. The van der Waals surface area contributed by atoms with E-state index in [-0.39, 0.29) is 17.4 Å². The first kappa shape index (κ1) is 21.5. The molecule has 2 aliphatic rings. The number of carbonyl (C=O) groups is 1. The lowest BCUT2D eigenvalue weighted by Gasteiger charge is -2.45. The molecule has 1 unspecified atom stereocenters. The van der Waals surface area contributed by atoms with Crippen LogP contribution < -0.4 is 0 Å². The number of carboxylic acid groups (broad SMARTS) is 1. The number of thiophene rings is 1. The van der Waals surface area contributed by atoms with Crippen molar-refractivity contribution in [2.45, 2.75) is 83.4 Å². The second-order valence-electron chi connectivity index (χ2n) is 8.64. The summed E-state index contributed by atoms with van der Waals surface area (Å²) in [5.74, 6) is -0.554. The van der Waals surface area contributed by atoms with Crippen LogP contribution in [0.5, 0.6) is 0 Å². The van der Waals surface area contributed by atoms with Gasteiger partial charge in [-0.2, -0.15) is 0 Å². The molecule has 1 heterocycles. The topological polar surface area (TPSA) is 57.5 Å². The van der Waals surface area contributed by atoms with Crippen molar-refractivity contribution < 1.29 is 19.4 Å². The van der Waals surface area contributed by atoms with Crippen LogP contribution in [0.2, 0.25) is 0 Å². The van der Waals surface area contributed by atoms with Crippen molar-refractivity contribution in [2.75, 3.05) is 0 Å². The molecule has 0 aromatic carbocycles. The van der Waals surface area contributed by atoms with Gasteiger partial charge >= 0.3 is 5.97 Å². The summed E-state index contributed by atoms with van der Waals surface area (Å²) in [4.78, 5) is 12.4. The lowest BCUT2D eigenvalue weighted by Crippen LogP contribution is -2.40. The van der Waals surface area contributed by atoms with Gasteiger partial charge in [0.15, 0.2) is 0 Å². The Morgan fingerprint density at radius 1 is 1.39 bits per heavy atom. The molecule has 4 atom stereocenters. The Balaban J connectivity index is 1.47. The molecular weight excluding hydrogens is 375 g/mol. The fourth-order valence-electron chi connectivity index (χ4n) is 5.00. The van der Waals surface area contributed by atoms with Gasteiger partial charge in [0.05, 0.1) is 6.10 Å². The molecule has 2 fully saturated rings. The highest BCUT2D eigenvalue weighted by atomic mass is 32.1. The average molecular weight is 409 g/mol. The maximum absolute atomic E-state index is 14.4. The van der Waals surface area contributed by atoms with E-state index in [1.807, 2.05) is 18.2 Å². The van der Waals surface area contributed by atoms with Crippen LogP contribution in [-0.4, -0.2) is 28.5 Å². The van der Waals surface area contributed by atoms with Crippen LogP contribution in [0, 0.1) is 17.3 Å². The monoisotopic (exact) mass is 408 g/mol. The summed E-state index contributed by atoms with van der Waals surface area (Å²) in [6.07, 6.45) is 12.4. The Hall–Kier alpha value is -1.20. The number of hydrogen-bond donors (Lipinski definition) is 2. The molecule has 28 heavy (non-hydrogen) atoms. The first-order chi connectivity index (χ1) is 13.4. The predicted octanol–water partition coefficient (Wildman–Crippen LogP) is 6.02. The van der Waals surface area contributed by atoms with Gasteiger partial charge in [0.1, 0.15) is 11.0 Å². The van der Waals surface area contributed by atoms with Crippen molar-refractivity contribution in [1.29, 1.82) is 0 Å².